The second-order valence-corrected chi connectivity index (χ2v) is 10.8. The molecular formula is C22H34N4O3S. The highest BCUT2D eigenvalue weighted by atomic mass is 32.2. The molecule has 1 amide bonds. The molecule has 0 atom stereocenters. The van der Waals surface area contributed by atoms with Gasteiger partial charge in [-0.25, -0.2) is 13.4 Å². The van der Waals surface area contributed by atoms with Gasteiger partial charge in [-0.05, 0) is 50.7 Å². The molecule has 4 heterocycles. The maximum Gasteiger partial charge on any atom is 0.244 e. The number of hydrogen-bond donors (Lipinski definition) is 0. The summed E-state index contributed by atoms with van der Waals surface area (Å²) in [5, 5.41) is 0. The topological polar surface area (TPSA) is 73.8 Å². The summed E-state index contributed by atoms with van der Waals surface area (Å²) in [6, 6.07) is 3.49. The number of hydrogen-bond acceptors (Lipinski definition) is 5. The minimum Gasteiger partial charge on any atom is -0.357 e. The highest BCUT2D eigenvalue weighted by Gasteiger charge is 2.30. The first-order chi connectivity index (χ1) is 14.6. The summed E-state index contributed by atoms with van der Waals surface area (Å²) >= 11 is 0. The molecule has 0 bridgehead atoms. The second-order valence-electron chi connectivity index (χ2n) is 8.82. The minimum atomic E-state index is -3.44. The van der Waals surface area contributed by atoms with Crippen molar-refractivity contribution in [2.75, 3.05) is 44.2 Å². The van der Waals surface area contributed by atoms with Gasteiger partial charge in [-0.2, -0.15) is 4.31 Å². The van der Waals surface area contributed by atoms with E-state index in [1.807, 2.05) is 6.07 Å². The van der Waals surface area contributed by atoms with Crippen LogP contribution < -0.4 is 4.90 Å². The highest BCUT2D eigenvalue weighted by molar-refractivity contribution is 7.89. The first kappa shape index (κ1) is 21.6. The minimum absolute atomic E-state index is 0.109. The standard InChI is InChI=1S/C22H34N4O3S/c27-22(25-12-4-1-2-5-13-25)19-10-16-24(17-11-19)21-9-8-20(18-23-21)30(28,29)26-14-6-3-7-15-26/h8-9,18-19H,1-7,10-17H2. The predicted octanol–water partition coefficient (Wildman–Crippen LogP) is 2.88. The highest BCUT2D eigenvalue weighted by Crippen LogP contribution is 2.26. The van der Waals surface area contributed by atoms with Gasteiger partial charge in [0.2, 0.25) is 15.9 Å². The van der Waals surface area contributed by atoms with Crippen molar-refractivity contribution in [3.8, 4) is 0 Å². The number of likely N-dealkylation sites (tertiary alicyclic amines) is 1. The molecule has 1 aromatic heterocycles. The van der Waals surface area contributed by atoms with Crippen molar-refractivity contribution in [1.82, 2.24) is 14.2 Å². The Morgan fingerprint density at radius 2 is 1.43 bits per heavy atom. The first-order valence-corrected chi connectivity index (χ1v) is 13.0. The van der Waals surface area contributed by atoms with Crippen LogP contribution in [-0.2, 0) is 14.8 Å². The second kappa shape index (κ2) is 9.64. The summed E-state index contributed by atoms with van der Waals surface area (Å²) in [5.74, 6) is 1.24. The van der Waals surface area contributed by atoms with E-state index in [-0.39, 0.29) is 10.8 Å². The van der Waals surface area contributed by atoms with Crippen LogP contribution in [0.25, 0.3) is 0 Å². The van der Waals surface area contributed by atoms with Gasteiger partial charge in [0, 0.05) is 51.4 Å². The summed E-state index contributed by atoms with van der Waals surface area (Å²) in [6.07, 6.45) is 10.8. The number of aromatic nitrogens is 1. The Kier molecular flexibility index (Phi) is 6.93. The molecule has 1 aromatic rings. The molecule has 0 saturated carbocycles. The first-order valence-electron chi connectivity index (χ1n) is 11.6. The van der Waals surface area contributed by atoms with Crippen molar-refractivity contribution >= 4 is 21.7 Å². The lowest BCUT2D eigenvalue weighted by Gasteiger charge is -2.34. The lowest BCUT2D eigenvalue weighted by Crippen LogP contribution is -2.43. The lowest BCUT2D eigenvalue weighted by molar-refractivity contribution is -0.136. The average molecular weight is 435 g/mol. The van der Waals surface area contributed by atoms with Gasteiger partial charge in [-0.1, -0.05) is 19.3 Å². The van der Waals surface area contributed by atoms with Crippen LogP contribution in [0.2, 0.25) is 0 Å². The molecule has 0 aliphatic carbocycles. The van der Waals surface area contributed by atoms with E-state index in [1.165, 1.54) is 19.0 Å². The van der Waals surface area contributed by atoms with Gasteiger partial charge in [-0.3, -0.25) is 4.79 Å². The van der Waals surface area contributed by atoms with E-state index in [2.05, 4.69) is 14.8 Å². The predicted molar refractivity (Wildman–Crippen MR) is 117 cm³/mol. The van der Waals surface area contributed by atoms with E-state index in [9.17, 15) is 13.2 Å². The Morgan fingerprint density at radius 1 is 0.833 bits per heavy atom. The fourth-order valence-electron chi connectivity index (χ4n) is 4.87. The molecule has 3 aliphatic heterocycles. The van der Waals surface area contributed by atoms with E-state index in [0.717, 1.165) is 76.9 Å². The Hall–Kier alpha value is -1.67. The maximum absolute atomic E-state index is 12.9. The van der Waals surface area contributed by atoms with Crippen molar-refractivity contribution in [2.24, 2.45) is 5.92 Å². The largest absolute Gasteiger partial charge is 0.357 e. The molecule has 0 aromatic carbocycles. The summed E-state index contributed by atoms with van der Waals surface area (Å²) in [7, 11) is -3.44. The van der Waals surface area contributed by atoms with Gasteiger partial charge in [-0.15, -0.1) is 0 Å². The molecular weight excluding hydrogens is 400 g/mol. The van der Waals surface area contributed by atoms with Crippen LogP contribution in [0.3, 0.4) is 0 Å². The third-order valence-electron chi connectivity index (χ3n) is 6.76. The molecule has 166 valence electrons. The van der Waals surface area contributed by atoms with Gasteiger partial charge in [0.25, 0.3) is 0 Å². The molecule has 0 spiro atoms. The monoisotopic (exact) mass is 434 g/mol. The Balaban J connectivity index is 1.34. The zero-order valence-corrected chi connectivity index (χ0v) is 18.7. The fraction of sp³-hybridized carbons (Fsp3) is 0.727. The summed E-state index contributed by atoms with van der Waals surface area (Å²) in [6.45, 7) is 4.59. The molecule has 0 N–H and O–H groups in total. The van der Waals surface area contributed by atoms with Gasteiger partial charge >= 0.3 is 0 Å². The van der Waals surface area contributed by atoms with Crippen molar-refractivity contribution in [3.63, 3.8) is 0 Å². The molecule has 8 heteroatoms. The van der Waals surface area contributed by atoms with Crippen LogP contribution >= 0.6 is 0 Å². The van der Waals surface area contributed by atoms with Crippen LogP contribution in [0.5, 0.6) is 0 Å². The van der Waals surface area contributed by atoms with Crippen molar-refractivity contribution in [1.29, 1.82) is 0 Å². The number of anilines is 1. The fourth-order valence-corrected chi connectivity index (χ4v) is 6.33. The Morgan fingerprint density at radius 3 is 2.03 bits per heavy atom. The number of carbonyl (C=O) groups is 1. The zero-order chi connectivity index (χ0) is 21.0. The SMILES string of the molecule is O=C(C1CCN(c2ccc(S(=O)(=O)N3CCCCC3)cn2)CC1)N1CCCCCC1. The third kappa shape index (κ3) is 4.80. The number of carbonyl (C=O) groups excluding carboxylic acids is 1. The molecule has 3 fully saturated rings. The molecule has 30 heavy (non-hydrogen) atoms. The van der Waals surface area contributed by atoms with E-state index < -0.39 is 10.0 Å². The number of pyridine rings is 1. The number of nitrogens with zero attached hydrogens (tertiary/aromatic N) is 4. The smallest absolute Gasteiger partial charge is 0.244 e. The lowest BCUT2D eigenvalue weighted by atomic mass is 9.95. The average Bonchev–Trinajstić information content (AvgIpc) is 3.09. The van der Waals surface area contributed by atoms with Crippen LogP contribution in [0.1, 0.15) is 57.8 Å². The molecule has 4 rings (SSSR count). The van der Waals surface area contributed by atoms with Crippen molar-refractivity contribution in [2.45, 2.75) is 62.7 Å². The number of amides is 1. The van der Waals surface area contributed by atoms with Crippen molar-refractivity contribution in [3.05, 3.63) is 18.3 Å². The van der Waals surface area contributed by atoms with E-state index in [1.54, 1.807) is 10.4 Å². The summed E-state index contributed by atoms with van der Waals surface area (Å²) < 4.78 is 27.2. The molecule has 0 radical (unpaired) electrons. The maximum atomic E-state index is 12.9. The molecule has 3 saturated heterocycles. The third-order valence-corrected chi connectivity index (χ3v) is 8.64. The van der Waals surface area contributed by atoms with Crippen LogP contribution in [0.4, 0.5) is 5.82 Å². The quantitative estimate of drug-likeness (QED) is 0.729. The molecule has 7 nitrogen and oxygen atoms in total. The van der Waals surface area contributed by atoms with Gasteiger partial charge in [0.1, 0.15) is 10.7 Å². The number of piperidine rings is 2. The van der Waals surface area contributed by atoms with E-state index >= 15 is 0 Å². The van der Waals surface area contributed by atoms with Gasteiger partial charge < -0.3 is 9.80 Å². The zero-order valence-electron chi connectivity index (χ0n) is 17.8. The van der Waals surface area contributed by atoms with E-state index in [0.29, 0.717) is 19.0 Å². The summed E-state index contributed by atoms with van der Waals surface area (Å²) in [4.78, 5) is 21.9. The summed E-state index contributed by atoms with van der Waals surface area (Å²) in [5.41, 5.74) is 0. The normalized spacial score (nSPS) is 22.7. The Labute approximate surface area is 180 Å². The number of sulfonamides is 1. The van der Waals surface area contributed by atoms with Crippen LogP contribution in [0, 0.1) is 5.92 Å². The van der Waals surface area contributed by atoms with Gasteiger partial charge in [0.15, 0.2) is 0 Å². The Bertz CT molecular complexity index is 805. The van der Waals surface area contributed by atoms with Crippen LogP contribution in [-0.4, -0.2) is 67.8 Å². The van der Waals surface area contributed by atoms with E-state index in [4.69, 9.17) is 0 Å². The molecule has 3 aliphatic rings. The van der Waals surface area contributed by atoms with Crippen molar-refractivity contribution < 1.29 is 13.2 Å². The van der Waals surface area contributed by atoms with Crippen LogP contribution in [0.15, 0.2) is 23.2 Å². The number of rotatable bonds is 4. The van der Waals surface area contributed by atoms with Gasteiger partial charge in [0.05, 0.1) is 0 Å². The molecule has 0 unspecified atom stereocenters.